The molecule has 5 heteroatoms. The maximum absolute atomic E-state index is 4.98. The van der Waals surface area contributed by atoms with E-state index in [-0.39, 0.29) is 5.41 Å². The Hall–Kier alpha value is -6.85. The van der Waals surface area contributed by atoms with Gasteiger partial charge in [0.2, 0.25) is 0 Å². The molecular formula is C50H37N5. The normalized spacial score (nSPS) is 14.6. The summed E-state index contributed by atoms with van der Waals surface area (Å²) in [4.78, 5) is 14.8. The molecule has 11 rings (SSSR count). The summed E-state index contributed by atoms with van der Waals surface area (Å²) >= 11 is 0. The predicted octanol–water partition coefficient (Wildman–Crippen LogP) is 12.4. The van der Waals surface area contributed by atoms with Gasteiger partial charge in [-0.1, -0.05) is 135 Å². The quantitative estimate of drug-likeness (QED) is 0.179. The second-order valence-corrected chi connectivity index (χ2v) is 15.2. The van der Waals surface area contributed by atoms with Crippen molar-refractivity contribution < 1.29 is 0 Å². The molecule has 0 fully saturated rings. The van der Waals surface area contributed by atoms with E-state index in [4.69, 9.17) is 15.0 Å². The van der Waals surface area contributed by atoms with Crippen molar-refractivity contribution in [3.05, 3.63) is 175 Å². The van der Waals surface area contributed by atoms with Crippen molar-refractivity contribution in [3.8, 4) is 51.0 Å². The molecule has 0 bridgehead atoms. The third-order valence-corrected chi connectivity index (χ3v) is 11.6. The SMILES string of the molecule is CC1(C)C2=CCCC=C2n2ccc3cc4c(c1c32)c1ccccc1n4-c1ccc(-c2cccc(-c3nc(-c4ccccc4)nc(-c4ccccc4)n3)c2)cc1. The summed E-state index contributed by atoms with van der Waals surface area (Å²) in [6, 6.07) is 51.3. The molecule has 262 valence electrons. The lowest BCUT2D eigenvalue weighted by Crippen LogP contribution is -2.29. The number of nitrogens with zero attached hydrogens (tertiary/aromatic N) is 5. The zero-order valence-corrected chi connectivity index (χ0v) is 30.7. The Bertz CT molecular complexity index is 2980. The molecule has 0 radical (unpaired) electrons. The van der Waals surface area contributed by atoms with Gasteiger partial charge >= 0.3 is 0 Å². The molecule has 9 aromatic rings. The maximum atomic E-state index is 4.98. The van der Waals surface area contributed by atoms with Crippen LogP contribution in [-0.4, -0.2) is 24.1 Å². The van der Waals surface area contributed by atoms with Gasteiger partial charge in [-0.15, -0.1) is 0 Å². The number of rotatable bonds is 5. The highest BCUT2D eigenvalue weighted by atomic mass is 15.0. The number of allylic oxidation sites excluding steroid dienone is 4. The summed E-state index contributed by atoms with van der Waals surface area (Å²) in [5, 5.41) is 3.91. The highest BCUT2D eigenvalue weighted by Gasteiger charge is 2.39. The molecule has 2 aliphatic rings. The van der Waals surface area contributed by atoms with Crippen LogP contribution in [-0.2, 0) is 5.41 Å². The summed E-state index contributed by atoms with van der Waals surface area (Å²) in [6.45, 7) is 4.83. The second kappa shape index (κ2) is 12.1. The molecule has 1 aliphatic heterocycles. The summed E-state index contributed by atoms with van der Waals surface area (Å²) in [7, 11) is 0. The van der Waals surface area contributed by atoms with Crippen molar-refractivity contribution in [3.63, 3.8) is 0 Å². The fraction of sp³-hybridized carbons (Fsp3) is 0.100. The van der Waals surface area contributed by atoms with Gasteiger partial charge in [0, 0.05) is 55.8 Å². The topological polar surface area (TPSA) is 48.5 Å². The Labute approximate surface area is 319 Å². The zero-order chi connectivity index (χ0) is 36.7. The van der Waals surface area contributed by atoms with Gasteiger partial charge in [-0.25, -0.2) is 15.0 Å². The first kappa shape index (κ1) is 31.7. The minimum atomic E-state index is -0.134. The number of benzene rings is 6. The highest BCUT2D eigenvalue weighted by Crippen LogP contribution is 2.52. The van der Waals surface area contributed by atoms with Gasteiger partial charge in [-0.05, 0) is 71.5 Å². The number of aromatic nitrogens is 5. The van der Waals surface area contributed by atoms with Crippen LogP contribution >= 0.6 is 0 Å². The fourth-order valence-electron chi connectivity index (χ4n) is 9.02. The Morgan fingerprint density at radius 3 is 1.87 bits per heavy atom. The molecule has 4 heterocycles. The molecule has 0 saturated heterocycles. The molecule has 6 aromatic carbocycles. The molecule has 0 spiro atoms. The third kappa shape index (κ3) is 4.89. The summed E-state index contributed by atoms with van der Waals surface area (Å²) in [5.74, 6) is 1.96. The molecule has 55 heavy (non-hydrogen) atoms. The van der Waals surface area contributed by atoms with Crippen molar-refractivity contribution >= 4 is 38.4 Å². The third-order valence-electron chi connectivity index (χ3n) is 11.6. The van der Waals surface area contributed by atoms with E-state index in [9.17, 15) is 0 Å². The van der Waals surface area contributed by atoms with Crippen LogP contribution < -0.4 is 0 Å². The number of hydrogen-bond donors (Lipinski definition) is 0. The van der Waals surface area contributed by atoms with Gasteiger partial charge in [0.05, 0.1) is 16.6 Å². The highest BCUT2D eigenvalue weighted by molar-refractivity contribution is 6.18. The van der Waals surface area contributed by atoms with E-state index in [2.05, 4.69) is 126 Å². The van der Waals surface area contributed by atoms with Crippen LogP contribution in [0.4, 0.5) is 0 Å². The fourth-order valence-corrected chi connectivity index (χ4v) is 9.02. The van der Waals surface area contributed by atoms with E-state index in [0.717, 1.165) is 46.3 Å². The first-order valence-corrected chi connectivity index (χ1v) is 19.1. The number of para-hydroxylation sites is 1. The van der Waals surface area contributed by atoms with E-state index in [1.807, 2.05) is 60.7 Å². The average Bonchev–Trinajstić information content (AvgIpc) is 3.82. The monoisotopic (exact) mass is 707 g/mol. The van der Waals surface area contributed by atoms with Gasteiger partial charge in [-0.3, -0.25) is 0 Å². The lowest BCUT2D eigenvalue weighted by molar-refractivity contribution is 0.627. The molecule has 1 aliphatic carbocycles. The number of hydrogen-bond acceptors (Lipinski definition) is 3. The van der Waals surface area contributed by atoms with Crippen LogP contribution in [0.5, 0.6) is 0 Å². The minimum Gasteiger partial charge on any atom is -0.316 e. The van der Waals surface area contributed by atoms with E-state index in [1.54, 1.807) is 0 Å². The van der Waals surface area contributed by atoms with Crippen LogP contribution in [0, 0.1) is 0 Å². The zero-order valence-electron chi connectivity index (χ0n) is 30.7. The van der Waals surface area contributed by atoms with E-state index in [1.165, 1.54) is 49.5 Å². The standard InChI is InChI=1S/C50H37N5/c1-50(2)40-21-10-12-23-42(40)54-29-28-36-31-43-44(45(50)46(36)54)39-20-9-11-22-41(39)55(43)38-26-24-32(25-27-38)35-18-13-19-37(30-35)49-52-47(33-14-5-3-6-15-33)51-48(53-49)34-16-7-4-8-17-34/h3-9,11,13-31H,10,12H2,1-2H3. The van der Waals surface area contributed by atoms with Crippen LogP contribution in [0.1, 0.15) is 32.3 Å². The van der Waals surface area contributed by atoms with Crippen LogP contribution in [0.2, 0.25) is 0 Å². The van der Waals surface area contributed by atoms with Crippen molar-refractivity contribution in [2.45, 2.75) is 32.1 Å². The minimum absolute atomic E-state index is 0.134. The summed E-state index contributed by atoms with van der Waals surface area (Å²) in [6.07, 6.45) is 9.35. The maximum Gasteiger partial charge on any atom is 0.164 e. The summed E-state index contributed by atoms with van der Waals surface area (Å²) < 4.78 is 4.90. The Morgan fingerprint density at radius 2 is 1.15 bits per heavy atom. The van der Waals surface area contributed by atoms with Gasteiger partial charge in [0.1, 0.15) is 0 Å². The molecule has 0 atom stereocenters. The first-order valence-electron chi connectivity index (χ1n) is 19.1. The molecule has 5 nitrogen and oxygen atoms in total. The molecule has 3 aromatic heterocycles. The summed E-state index contributed by atoms with van der Waals surface area (Å²) in [5.41, 5.74) is 14.1. The van der Waals surface area contributed by atoms with Crippen LogP contribution in [0.25, 0.3) is 89.4 Å². The van der Waals surface area contributed by atoms with Crippen LogP contribution in [0.15, 0.2) is 170 Å². The molecule has 0 unspecified atom stereocenters. The Balaban J connectivity index is 1.03. The van der Waals surface area contributed by atoms with Crippen molar-refractivity contribution in [2.24, 2.45) is 0 Å². The first-order chi connectivity index (χ1) is 27.0. The van der Waals surface area contributed by atoms with E-state index < -0.39 is 0 Å². The molecular weight excluding hydrogens is 671 g/mol. The Morgan fingerprint density at radius 1 is 0.527 bits per heavy atom. The molecule has 0 amide bonds. The largest absolute Gasteiger partial charge is 0.316 e. The van der Waals surface area contributed by atoms with Gasteiger partial charge in [0.25, 0.3) is 0 Å². The number of fused-ring (bicyclic) bond motifs is 6. The van der Waals surface area contributed by atoms with E-state index in [0.29, 0.717) is 17.5 Å². The van der Waals surface area contributed by atoms with E-state index >= 15 is 0 Å². The smallest absolute Gasteiger partial charge is 0.164 e. The Kier molecular flexibility index (Phi) is 6.96. The lowest BCUT2D eigenvalue weighted by atomic mass is 9.70. The van der Waals surface area contributed by atoms with Crippen molar-refractivity contribution in [1.29, 1.82) is 0 Å². The van der Waals surface area contributed by atoms with Gasteiger partial charge in [-0.2, -0.15) is 0 Å². The second-order valence-electron chi connectivity index (χ2n) is 15.2. The average molecular weight is 708 g/mol. The van der Waals surface area contributed by atoms with Crippen LogP contribution in [0.3, 0.4) is 0 Å². The predicted molar refractivity (Wildman–Crippen MR) is 226 cm³/mol. The van der Waals surface area contributed by atoms with Gasteiger partial charge in [0.15, 0.2) is 17.5 Å². The molecule has 0 saturated carbocycles. The van der Waals surface area contributed by atoms with Gasteiger partial charge < -0.3 is 9.13 Å². The lowest BCUT2D eigenvalue weighted by Gasteiger charge is -2.38. The van der Waals surface area contributed by atoms with Crippen molar-refractivity contribution in [1.82, 2.24) is 24.1 Å². The molecule has 0 N–H and O–H groups in total. The van der Waals surface area contributed by atoms with Crippen molar-refractivity contribution in [2.75, 3.05) is 0 Å².